The van der Waals surface area contributed by atoms with Crippen molar-refractivity contribution >= 4 is 5.69 Å². The van der Waals surface area contributed by atoms with Gasteiger partial charge >= 0.3 is 0 Å². The second kappa shape index (κ2) is 7.17. The summed E-state index contributed by atoms with van der Waals surface area (Å²) in [6, 6.07) is 8.14. The Morgan fingerprint density at radius 3 is 2.41 bits per heavy atom. The van der Waals surface area contributed by atoms with Crippen LogP contribution in [0.1, 0.15) is 19.8 Å². The van der Waals surface area contributed by atoms with Crippen molar-refractivity contribution in [3.8, 4) is 5.75 Å². The van der Waals surface area contributed by atoms with Gasteiger partial charge in [0.25, 0.3) is 0 Å². The first-order valence-electron chi connectivity index (χ1n) is 6.26. The molecule has 0 spiro atoms. The molecule has 0 radical (unpaired) electrons. The molecule has 0 aliphatic heterocycles. The molecule has 3 nitrogen and oxygen atoms in total. The van der Waals surface area contributed by atoms with Gasteiger partial charge in [0.2, 0.25) is 0 Å². The molecule has 0 saturated carbocycles. The quantitative estimate of drug-likeness (QED) is 0.790. The maximum absolute atomic E-state index is 5.78. The van der Waals surface area contributed by atoms with Crippen LogP contribution in [-0.4, -0.2) is 27.2 Å². The van der Waals surface area contributed by atoms with E-state index >= 15 is 0 Å². The van der Waals surface area contributed by atoms with E-state index in [-0.39, 0.29) is 0 Å². The average molecular weight is 236 g/mol. The monoisotopic (exact) mass is 236 g/mol. The second-order valence-electron chi connectivity index (χ2n) is 4.47. The first-order valence-corrected chi connectivity index (χ1v) is 6.26. The lowest BCUT2D eigenvalue weighted by Crippen LogP contribution is -2.29. The van der Waals surface area contributed by atoms with Crippen LogP contribution >= 0.6 is 0 Å². The lowest BCUT2D eigenvalue weighted by molar-refractivity contribution is 0.414. The van der Waals surface area contributed by atoms with E-state index in [0.717, 1.165) is 18.8 Å². The standard InChI is InChI=1S/C14H24N2O/c1-4-5-12(10-15)11-16(2)13-6-8-14(17-3)9-7-13/h6-9,12H,4-5,10-11,15H2,1-3H3. The van der Waals surface area contributed by atoms with Crippen LogP contribution in [0.2, 0.25) is 0 Å². The first kappa shape index (κ1) is 13.8. The predicted molar refractivity (Wildman–Crippen MR) is 73.7 cm³/mol. The van der Waals surface area contributed by atoms with Crippen molar-refractivity contribution in [2.24, 2.45) is 11.7 Å². The molecule has 1 rings (SSSR count). The average Bonchev–Trinajstić information content (AvgIpc) is 2.38. The smallest absolute Gasteiger partial charge is 0.119 e. The highest BCUT2D eigenvalue weighted by Gasteiger charge is 2.09. The van der Waals surface area contributed by atoms with E-state index in [9.17, 15) is 0 Å². The Hall–Kier alpha value is -1.22. The number of nitrogens with zero attached hydrogens (tertiary/aromatic N) is 1. The topological polar surface area (TPSA) is 38.5 Å². The first-order chi connectivity index (χ1) is 8.21. The van der Waals surface area contributed by atoms with E-state index in [1.165, 1.54) is 18.5 Å². The van der Waals surface area contributed by atoms with Gasteiger partial charge in [-0.15, -0.1) is 0 Å². The highest BCUT2D eigenvalue weighted by atomic mass is 16.5. The van der Waals surface area contributed by atoms with Crippen molar-refractivity contribution in [1.82, 2.24) is 0 Å². The van der Waals surface area contributed by atoms with Crippen LogP contribution < -0.4 is 15.4 Å². The molecule has 0 heterocycles. The number of anilines is 1. The summed E-state index contributed by atoms with van der Waals surface area (Å²) >= 11 is 0. The Balaban J connectivity index is 2.58. The molecule has 96 valence electrons. The lowest BCUT2D eigenvalue weighted by Gasteiger charge is -2.24. The van der Waals surface area contributed by atoms with Crippen LogP contribution in [0.3, 0.4) is 0 Å². The molecule has 3 heteroatoms. The summed E-state index contributed by atoms with van der Waals surface area (Å²) < 4.78 is 5.15. The third-order valence-corrected chi connectivity index (χ3v) is 3.08. The number of benzene rings is 1. The van der Waals surface area contributed by atoms with E-state index in [2.05, 4.69) is 31.0 Å². The maximum Gasteiger partial charge on any atom is 0.119 e. The number of methoxy groups -OCH3 is 1. The molecule has 0 fully saturated rings. The predicted octanol–water partition coefficient (Wildman–Crippen LogP) is 2.51. The molecule has 0 aliphatic carbocycles. The zero-order valence-electron chi connectivity index (χ0n) is 11.1. The summed E-state index contributed by atoms with van der Waals surface area (Å²) in [5.41, 5.74) is 6.99. The molecule has 0 amide bonds. The summed E-state index contributed by atoms with van der Waals surface area (Å²) in [6.07, 6.45) is 2.38. The van der Waals surface area contributed by atoms with Crippen LogP contribution in [0.25, 0.3) is 0 Å². The number of hydrogen-bond donors (Lipinski definition) is 1. The highest BCUT2D eigenvalue weighted by molar-refractivity contribution is 5.48. The summed E-state index contributed by atoms with van der Waals surface area (Å²) in [6.45, 7) is 3.97. The third kappa shape index (κ3) is 4.27. The normalized spacial score (nSPS) is 12.2. The molecule has 1 aromatic carbocycles. The Morgan fingerprint density at radius 2 is 1.94 bits per heavy atom. The van der Waals surface area contributed by atoms with E-state index in [1.807, 2.05) is 12.1 Å². The van der Waals surface area contributed by atoms with Crippen molar-refractivity contribution < 1.29 is 4.74 Å². The fourth-order valence-corrected chi connectivity index (χ4v) is 2.02. The molecular formula is C14H24N2O. The maximum atomic E-state index is 5.78. The molecule has 1 unspecified atom stereocenters. The summed E-state index contributed by atoms with van der Waals surface area (Å²) in [4.78, 5) is 2.26. The van der Waals surface area contributed by atoms with Crippen molar-refractivity contribution in [2.75, 3.05) is 32.1 Å². The molecule has 2 N–H and O–H groups in total. The minimum atomic E-state index is 0.576. The fraction of sp³-hybridized carbons (Fsp3) is 0.571. The Bertz CT molecular complexity index is 311. The summed E-state index contributed by atoms with van der Waals surface area (Å²) in [5.74, 6) is 1.47. The number of nitrogens with two attached hydrogens (primary N) is 1. The molecule has 1 aromatic rings. The van der Waals surface area contributed by atoms with Crippen LogP contribution in [0.4, 0.5) is 5.69 Å². The summed E-state index contributed by atoms with van der Waals surface area (Å²) in [7, 11) is 3.80. The number of hydrogen-bond acceptors (Lipinski definition) is 3. The second-order valence-corrected chi connectivity index (χ2v) is 4.47. The molecule has 0 saturated heterocycles. The van der Waals surface area contributed by atoms with E-state index < -0.39 is 0 Å². The Kier molecular flexibility index (Phi) is 5.84. The molecule has 17 heavy (non-hydrogen) atoms. The van der Waals surface area contributed by atoms with Gasteiger partial charge in [-0.25, -0.2) is 0 Å². The Morgan fingerprint density at radius 1 is 1.29 bits per heavy atom. The molecule has 0 bridgehead atoms. The van der Waals surface area contributed by atoms with Crippen LogP contribution in [0.15, 0.2) is 24.3 Å². The van der Waals surface area contributed by atoms with Gasteiger partial charge in [-0.3, -0.25) is 0 Å². The molecule has 1 atom stereocenters. The van der Waals surface area contributed by atoms with Gasteiger partial charge < -0.3 is 15.4 Å². The lowest BCUT2D eigenvalue weighted by atomic mass is 10.0. The van der Waals surface area contributed by atoms with Gasteiger partial charge in [0.15, 0.2) is 0 Å². The largest absolute Gasteiger partial charge is 0.497 e. The fourth-order valence-electron chi connectivity index (χ4n) is 2.02. The van der Waals surface area contributed by atoms with Crippen molar-refractivity contribution in [3.63, 3.8) is 0 Å². The van der Waals surface area contributed by atoms with Crippen LogP contribution in [0, 0.1) is 5.92 Å². The van der Waals surface area contributed by atoms with Gasteiger partial charge in [-0.05, 0) is 43.1 Å². The number of rotatable bonds is 7. The van der Waals surface area contributed by atoms with Crippen molar-refractivity contribution in [2.45, 2.75) is 19.8 Å². The van der Waals surface area contributed by atoms with Gasteiger partial charge in [0.05, 0.1) is 7.11 Å². The van der Waals surface area contributed by atoms with E-state index in [1.54, 1.807) is 7.11 Å². The van der Waals surface area contributed by atoms with Crippen LogP contribution in [-0.2, 0) is 0 Å². The number of ether oxygens (including phenoxy) is 1. The minimum Gasteiger partial charge on any atom is -0.497 e. The van der Waals surface area contributed by atoms with E-state index in [4.69, 9.17) is 10.5 Å². The summed E-state index contributed by atoms with van der Waals surface area (Å²) in [5, 5.41) is 0. The Labute approximate surface area is 105 Å². The van der Waals surface area contributed by atoms with Crippen molar-refractivity contribution in [3.05, 3.63) is 24.3 Å². The van der Waals surface area contributed by atoms with Gasteiger partial charge in [-0.1, -0.05) is 13.3 Å². The molecule has 0 aromatic heterocycles. The highest BCUT2D eigenvalue weighted by Crippen LogP contribution is 2.19. The van der Waals surface area contributed by atoms with E-state index in [0.29, 0.717) is 5.92 Å². The van der Waals surface area contributed by atoms with Gasteiger partial charge in [-0.2, -0.15) is 0 Å². The molecule has 0 aliphatic rings. The zero-order valence-corrected chi connectivity index (χ0v) is 11.1. The van der Waals surface area contributed by atoms with Crippen molar-refractivity contribution in [1.29, 1.82) is 0 Å². The van der Waals surface area contributed by atoms with Crippen LogP contribution in [0.5, 0.6) is 5.75 Å². The SMILES string of the molecule is CCCC(CN)CN(C)c1ccc(OC)cc1. The third-order valence-electron chi connectivity index (χ3n) is 3.08. The van der Waals surface area contributed by atoms with Gasteiger partial charge in [0.1, 0.15) is 5.75 Å². The van der Waals surface area contributed by atoms with Gasteiger partial charge in [0, 0.05) is 19.3 Å². The zero-order chi connectivity index (χ0) is 12.7. The molecular weight excluding hydrogens is 212 g/mol. The minimum absolute atomic E-state index is 0.576.